The van der Waals surface area contributed by atoms with Gasteiger partial charge in [0.15, 0.2) is 0 Å². The van der Waals surface area contributed by atoms with Gasteiger partial charge in [-0.3, -0.25) is 0 Å². The first kappa shape index (κ1) is 24.2. The van der Waals surface area contributed by atoms with Crippen LogP contribution >= 0.6 is 0 Å². The van der Waals surface area contributed by atoms with E-state index in [4.69, 9.17) is 4.74 Å². The standard InChI is InChI=1S/C26H46O/c1-26(2,3)22-24-27-23-18-13-11-9-7-5-4-6-8-10-12-15-19-25-20-16-14-17-21-25/h14,16-17,20-21H,4-13,15,18-19,22-24H2,1-3H3. The molecule has 0 spiro atoms. The molecule has 1 heteroatoms. The monoisotopic (exact) mass is 374 g/mol. The number of unbranched alkanes of at least 4 members (excludes halogenated alkanes) is 11. The van der Waals surface area contributed by atoms with Gasteiger partial charge in [-0.15, -0.1) is 0 Å². The number of hydrogen-bond donors (Lipinski definition) is 0. The first-order valence-corrected chi connectivity index (χ1v) is 11.7. The Hall–Kier alpha value is -0.820. The molecule has 0 amide bonds. The minimum absolute atomic E-state index is 0.405. The van der Waals surface area contributed by atoms with Crippen molar-refractivity contribution in [3.05, 3.63) is 35.9 Å². The van der Waals surface area contributed by atoms with Crippen LogP contribution in [0.5, 0.6) is 0 Å². The van der Waals surface area contributed by atoms with E-state index in [1.165, 1.54) is 95.5 Å². The smallest absolute Gasteiger partial charge is 0.0471 e. The lowest BCUT2D eigenvalue weighted by molar-refractivity contribution is 0.105. The summed E-state index contributed by atoms with van der Waals surface area (Å²) in [5.41, 5.74) is 1.90. The van der Waals surface area contributed by atoms with Crippen molar-refractivity contribution in [3.8, 4) is 0 Å². The number of aryl methyl sites for hydroxylation is 1. The van der Waals surface area contributed by atoms with Crippen LogP contribution in [0.2, 0.25) is 0 Å². The van der Waals surface area contributed by atoms with E-state index in [1.807, 2.05) is 0 Å². The van der Waals surface area contributed by atoms with Crippen molar-refractivity contribution in [1.29, 1.82) is 0 Å². The predicted molar refractivity (Wildman–Crippen MR) is 120 cm³/mol. The molecule has 0 atom stereocenters. The molecule has 1 rings (SSSR count). The van der Waals surface area contributed by atoms with Gasteiger partial charge in [0, 0.05) is 13.2 Å². The Kier molecular flexibility index (Phi) is 14.5. The van der Waals surface area contributed by atoms with Crippen LogP contribution in [0.3, 0.4) is 0 Å². The van der Waals surface area contributed by atoms with Gasteiger partial charge in [-0.25, -0.2) is 0 Å². The largest absolute Gasteiger partial charge is 0.381 e. The molecule has 0 aliphatic heterocycles. The second kappa shape index (κ2) is 16.2. The quantitative estimate of drug-likeness (QED) is 0.249. The molecule has 156 valence electrons. The van der Waals surface area contributed by atoms with Crippen LogP contribution in [0.1, 0.15) is 110 Å². The summed E-state index contributed by atoms with van der Waals surface area (Å²) < 4.78 is 5.73. The van der Waals surface area contributed by atoms with E-state index in [0.29, 0.717) is 5.41 Å². The van der Waals surface area contributed by atoms with E-state index in [0.717, 1.165) is 13.2 Å². The molecular formula is C26H46O. The van der Waals surface area contributed by atoms with Gasteiger partial charge in [0.2, 0.25) is 0 Å². The molecular weight excluding hydrogens is 328 g/mol. The van der Waals surface area contributed by atoms with Crippen molar-refractivity contribution in [3.63, 3.8) is 0 Å². The van der Waals surface area contributed by atoms with E-state index in [-0.39, 0.29) is 0 Å². The molecule has 0 saturated heterocycles. The highest BCUT2D eigenvalue weighted by Crippen LogP contribution is 2.18. The second-order valence-corrected chi connectivity index (χ2v) is 9.40. The van der Waals surface area contributed by atoms with Gasteiger partial charge in [-0.2, -0.15) is 0 Å². The first-order valence-electron chi connectivity index (χ1n) is 11.7. The van der Waals surface area contributed by atoms with Crippen LogP contribution in [0, 0.1) is 5.41 Å². The van der Waals surface area contributed by atoms with Crippen molar-refractivity contribution in [2.75, 3.05) is 13.2 Å². The lowest BCUT2D eigenvalue weighted by atomic mass is 9.93. The Labute approximate surface area is 170 Å². The minimum Gasteiger partial charge on any atom is -0.381 e. The fraction of sp³-hybridized carbons (Fsp3) is 0.769. The molecule has 0 unspecified atom stereocenters. The lowest BCUT2D eigenvalue weighted by Crippen LogP contribution is -2.09. The van der Waals surface area contributed by atoms with Gasteiger partial charge < -0.3 is 4.74 Å². The van der Waals surface area contributed by atoms with Crippen molar-refractivity contribution >= 4 is 0 Å². The zero-order valence-electron chi connectivity index (χ0n) is 18.6. The maximum Gasteiger partial charge on any atom is 0.0471 e. The number of hydrogen-bond acceptors (Lipinski definition) is 1. The molecule has 1 aromatic rings. The predicted octanol–water partition coefficient (Wildman–Crippen LogP) is 8.36. The first-order chi connectivity index (χ1) is 13.1. The Balaban J connectivity index is 1.71. The molecule has 0 fully saturated rings. The summed E-state index contributed by atoms with van der Waals surface area (Å²) in [4.78, 5) is 0. The van der Waals surface area contributed by atoms with Gasteiger partial charge in [0.05, 0.1) is 0 Å². The summed E-state index contributed by atoms with van der Waals surface area (Å²) in [7, 11) is 0. The fourth-order valence-electron chi connectivity index (χ4n) is 3.43. The third kappa shape index (κ3) is 17.0. The zero-order chi connectivity index (χ0) is 19.6. The average molecular weight is 375 g/mol. The Morgan fingerprint density at radius 2 is 1.07 bits per heavy atom. The van der Waals surface area contributed by atoms with Crippen LogP contribution in [0.15, 0.2) is 30.3 Å². The van der Waals surface area contributed by atoms with Crippen molar-refractivity contribution in [2.24, 2.45) is 5.41 Å². The Morgan fingerprint density at radius 3 is 1.59 bits per heavy atom. The van der Waals surface area contributed by atoms with Gasteiger partial charge in [0.1, 0.15) is 0 Å². The SMILES string of the molecule is CC(C)(C)CCOCCCCCCCCCCCCCCc1ccccc1. The maximum absolute atomic E-state index is 5.73. The van der Waals surface area contributed by atoms with Gasteiger partial charge >= 0.3 is 0 Å². The summed E-state index contributed by atoms with van der Waals surface area (Å²) >= 11 is 0. The third-order valence-corrected chi connectivity index (χ3v) is 5.34. The normalized spacial score (nSPS) is 11.8. The molecule has 1 nitrogen and oxygen atoms in total. The molecule has 0 aromatic heterocycles. The Morgan fingerprint density at radius 1 is 0.593 bits per heavy atom. The third-order valence-electron chi connectivity index (χ3n) is 5.34. The van der Waals surface area contributed by atoms with Gasteiger partial charge in [-0.1, -0.05) is 115 Å². The minimum atomic E-state index is 0.405. The molecule has 0 radical (unpaired) electrons. The summed E-state index contributed by atoms with van der Waals surface area (Å²) in [5, 5.41) is 0. The van der Waals surface area contributed by atoms with E-state index < -0.39 is 0 Å². The number of ether oxygens (including phenoxy) is 1. The highest BCUT2D eigenvalue weighted by Gasteiger charge is 2.08. The topological polar surface area (TPSA) is 9.23 Å². The van der Waals surface area contributed by atoms with Gasteiger partial charge in [0.25, 0.3) is 0 Å². The Bertz CT molecular complexity index is 418. The molecule has 0 heterocycles. The van der Waals surface area contributed by atoms with Crippen molar-refractivity contribution in [2.45, 2.75) is 111 Å². The molecule has 1 aromatic carbocycles. The summed E-state index contributed by atoms with van der Waals surface area (Å²) in [6.45, 7) is 8.73. The fourth-order valence-corrected chi connectivity index (χ4v) is 3.43. The van der Waals surface area contributed by atoms with E-state index in [9.17, 15) is 0 Å². The molecule has 0 aliphatic rings. The van der Waals surface area contributed by atoms with Crippen molar-refractivity contribution < 1.29 is 4.74 Å². The number of benzene rings is 1. The zero-order valence-corrected chi connectivity index (χ0v) is 18.6. The molecule has 0 aliphatic carbocycles. The van der Waals surface area contributed by atoms with Crippen molar-refractivity contribution in [1.82, 2.24) is 0 Å². The van der Waals surface area contributed by atoms with Crippen LogP contribution in [0.4, 0.5) is 0 Å². The highest BCUT2D eigenvalue weighted by molar-refractivity contribution is 5.14. The molecule has 27 heavy (non-hydrogen) atoms. The van der Waals surface area contributed by atoms with Crippen LogP contribution in [0.25, 0.3) is 0 Å². The summed E-state index contributed by atoms with van der Waals surface area (Å²) in [6, 6.07) is 10.9. The van der Waals surface area contributed by atoms with E-state index in [2.05, 4.69) is 51.1 Å². The molecule has 0 N–H and O–H groups in total. The maximum atomic E-state index is 5.73. The lowest BCUT2D eigenvalue weighted by Gasteiger charge is -2.17. The van der Waals surface area contributed by atoms with Crippen LogP contribution in [-0.2, 0) is 11.2 Å². The molecule has 0 bridgehead atoms. The molecule has 0 saturated carbocycles. The number of rotatable bonds is 17. The summed E-state index contributed by atoms with van der Waals surface area (Å²) in [5.74, 6) is 0. The van der Waals surface area contributed by atoms with Gasteiger partial charge in [-0.05, 0) is 36.7 Å². The average Bonchev–Trinajstić information content (AvgIpc) is 2.64. The van der Waals surface area contributed by atoms with E-state index >= 15 is 0 Å². The van der Waals surface area contributed by atoms with Crippen LogP contribution < -0.4 is 0 Å². The summed E-state index contributed by atoms with van der Waals surface area (Å²) in [6.07, 6.45) is 19.2. The second-order valence-electron chi connectivity index (χ2n) is 9.40. The highest BCUT2D eigenvalue weighted by atomic mass is 16.5. The van der Waals surface area contributed by atoms with Crippen LogP contribution in [-0.4, -0.2) is 13.2 Å². The van der Waals surface area contributed by atoms with E-state index in [1.54, 1.807) is 0 Å².